The molecule has 4 heterocycles. The molecule has 6 rings (SSSR count). The first-order valence-corrected chi connectivity index (χ1v) is 10.0. The fraction of sp³-hybridized carbons (Fsp3) is 0.143. The van der Waals surface area contributed by atoms with Gasteiger partial charge in [-0.1, -0.05) is 6.07 Å². The largest absolute Gasteiger partial charge is 0.424 e. The first-order valence-electron chi connectivity index (χ1n) is 10.0. The SMILES string of the molecule is O=C1NC(=O)/C(=C/c2cnn3c(NC4CC4)nc(Oc4ccc5ncccc5c4)nc23)N1. The Labute approximate surface area is 180 Å². The second-order valence-electron chi connectivity index (χ2n) is 7.51. The highest BCUT2D eigenvalue weighted by molar-refractivity contribution is 6.14. The quantitative estimate of drug-likeness (QED) is 0.325. The lowest BCUT2D eigenvalue weighted by atomic mass is 10.2. The average molecular weight is 428 g/mol. The van der Waals surface area contributed by atoms with Gasteiger partial charge in [-0.15, -0.1) is 0 Å². The van der Waals surface area contributed by atoms with Gasteiger partial charge in [0.1, 0.15) is 11.4 Å². The fourth-order valence-electron chi connectivity index (χ4n) is 3.39. The van der Waals surface area contributed by atoms with E-state index in [2.05, 4.69) is 36.0 Å². The molecule has 158 valence electrons. The maximum absolute atomic E-state index is 11.9. The molecule has 1 aliphatic carbocycles. The summed E-state index contributed by atoms with van der Waals surface area (Å²) in [6.45, 7) is 0. The smallest absolute Gasteiger partial charge is 0.327 e. The second-order valence-corrected chi connectivity index (χ2v) is 7.51. The van der Waals surface area contributed by atoms with Crippen LogP contribution in [-0.4, -0.2) is 42.5 Å². The number of anilines is 1. The van der Waals surface area contributed by atoms with Gasteiger partial charge in [-0.05, 0) is 43.2 Å². The Kier molecular flexibility index (Phi) is 4.00. The van der Waals surface area contributed by atoms with Crippen molar-refractivity contribution in [2.24, 2.45) is 0 Å². The topological polar surface area (TPSA) is 135 Å². The monoisotopic (exact) mass is 428 g/mol. The van der Waals surface area contributed by atoms with Crippen LogP contribution >= 0.6 is 0 Å². The molecule has 0 radical (unpaired) electrons. The van der Waals surface area contributed by atoms with Crippen LogP contribution in [0.3, 0.4) is 0 Å². The highest BCUT2D eigenvalue weighted by Gasteiger charge is 2.26. The van der Waals surface area contributed by atoms with Crippen LogP contribution in [0.4, 0.5) is 10.7 Å². The number of nitrogens with zero attached hydrogens (tertiary/aromatic N) is 5. The zero-order chi connectivity index (χ0) is 21.7. The van der Waals surface area contributed by atoms with Gasteiger partial charge < -0.3 is 15.4 Å². The molecule has 1 saturated heterocycles. The first kappa shape index (κ1) is 18.2. The minimum absolute atomic E-state index is 0.115. The predicted molar refractivity (Wildman–Crippen MR) is 114 cm³/mol. The molecule has 0 bridgehead atoms. The summed E-state index contributed by atoms with van der Waals surface area (Å²) in [5, 5.41) is 13.2. The normalized spacial score (nSPS) is 17.1. The van der Waals surface area contributed by atoms with Crippen molar-refractivity contribution in [1.82, 2.24) is 35.2 Å². The molecule has 11 heteroatoms. The molecule has 1 saturated carbocycles. The van der Waals surface area contributed by atoms with Crippen molar-refractivity contribution in [3.05, 3.63) is 54.0 Å². The van der Waals surface area contributed by atoms with E-state index in [1.807, 2.05) is 24.3 Å². The van der Waals surface area contributed by atoms with E-state index in [0.29, 0.717) is 29.0 Å². The van der Waals surface area contributed by atoms with Crippen molar-refractivity contribution < 1.29 is 14.3 Å². The maximum atomic E-state index is 11.9. The average Bonchev–Trinajstić information content (AvgIpc) is 3.42. The Hall–Kier alpha value is -4.54. The number of carbonyl (C=O) groups is 2. The fourth-order valence-corrected chi connectivity index (χ4v) is 3.39. The minimum atomic E-state index is -0.571. The van der Waals surface area contributed by atoms with E-state index in [-0.39, 0.29) is 11.7 Å². The summed E-state index contributed by atoms with van der Waals surface area (Å²) in [7, 11) is 0. The standard InChI is InChI=1S/C21H16N8O3/c30-18-16(25-20(31)27-18)9-12-10-23-29-17(12)26-21(28-19(29)24-13-3-4-13)32-14-5-6-15-11(8-14)2-1-7-22-15/h1-2,5-10,13H,3-4H2,(H,24,26,28)(H2,25,27,30,31)/b16-9-. The van der Waals surface area contributed by atoms with Crippen LogP contribution in [0.25, 0.3) is 22.6 Å². The van der Waals surface area contributed by atoms with Gasteiger partial charge in [0.25, 0.3) is 5.91 Å². The van der Waals surface area contributed by atoms with Crippen LogP contribution < -0.4 is 20.7 Å². The number of amides is 3. The number of hydrogen-bond donors (Lipinski definition) is 3. The molecule has 1 aliphatic heterocycles. The summed E-state index contributed by atoms with van der Waals surface area (Å²) in [6.07, 6.45) is 6.90. The van der Waals surface area contributed by atoms with Crippen LogP contribution in [-0.2, 0) is 4.79 Å². The second kappa shape index (κ2) is 7.01. The van der Waals surface area contributed by atoms with E-state index >= 15 is 0 Å². The van der Waals surface area contributed by atoms with Gasteiger partial charge in [-0.3, -0.25) is 15.1 Å². The highest BCUT2D eigenvalue weighted by atomic mass is 16.5. The summed E-state index contributed by atoms with van der Waals surface area (Å²) in [4.78, 5) is 36.7. The van der Waals surface area contributed by atoms with E-state index < -0.39 is 11.9 Å². The molecule has 32 heavy (non-hydrogen) atoms. The third-order valence-electron chi connectivity index (χ3n) is 5.09. The Morgan fingerprint density at radius 2 is 2.06 bits per heavy atom. The van der Waals surface area contributed by atoms with Gasteiger partial charge in [-0.25, -0.2) is 4.79 Å². The van der Waals surface area contributed by atoms with Crippen LogP contribution in [0, 0.1) is 0 Å². The van der Waals surface area contributed by atoms with E-state index in [1.54, 1.807) is 23.0 Å². The van der Waals surface area contributed by atoms with Gasteiger partial charge >= 0.3 is 12.0 Å². The third-order valence-corrected chi connectivity index (χ3v) is 5.09. The summed E-state index contributed by atoms with van der Waals surface area (Å²) in [5.41, 5.74) is 1.94. The summed E-state index contributed by atoms with van der Waals surface area (Å²) in [5.74, 6) is 0.537. The molecule has 0 atom stereocenters. The molecule has 0 spiro atoms. The lowest BCUT2D eigenvalue weighted by molar-refractivity contribution is -0.115. The van der Waals surface area contributed by atoms with E-state index in [4.69, 9.17) is 4.74 Å². The number of nitrogens with one attached hydrogen (secondary N) is 3. The molecule has 11 nitrogen and oxygen atoms in total. The van der Waals surface area contributed by atoms with E-state index in [0.717, 1.165) is 23.7 Å². The molecule has 4 aromatic rings. The molecular weight excluding hydrogens is 412 g/mol. The molecular formula is C21H16N8O3. The lowest BCUT2D eigenvalue weighted by Crippen LogP contribution is -2.22. The number of aromatic nitrogens is 5. The molecule has 3 aromatic heterocycles. The summed E-state index contributed by atoms with van der Waals surface area (Å²) < 4.78 is 7.52. The van der Waals surface area contributed by atoms with Gasteiger partial charge in [0.15, 0.2) is 5.65 Å². The van der Waals surface area contributed by atoms with Crippen molar-refractivity contribution in [2.45, 2.75) is 18.9 Å². The Balaban J connectivity index is 1.42. The summed E-state index contributed by atoms with van der Waals surface area (Å²) >= 11 is 0. The predicted octanol–water partition coefficient (Wildman–Crippen LogP) is 2.22. The summed E-state index contributed by atoms with van der Waals surface area (Å²) in [6, 6.07) is 9.21. The Morgan fingerprint density at radius 1 is 1.16 bits per heavy atom. The molecule has 1 aromatic carbocycles. The van der Waals surface area contributed by atoms with Crippen LogP contribution in [0.5, 0.6) is 11.8 Å². The zero-order valence-corrected chi connectivity index (χ0v) is 16.6. The zero-order valence-electron chi connectivity index (χ0n) is 16.6. The number of fused-ring (bicyclic) bond motifs is 2. The number of pyridine rings is 1. The molecule has 3 amide bonds. The lowest BCUT2D eigenvalue weighted by Gasteiger charge is -2.10. The third kappa shape index (κ3) is 3.35. The Bertz CT molecular complexity index is 1440. The van der Waals surface area contributed by atoms with Crippen LogP contribution in [0.2, 0.25) is 0 Å². The minimum Gasteiger partial charge on any atom is -0.424 e. The first-order chi connectivity index (χ1) is 15.6. The van der Waals surface area contributed by atoms with E-state index in [9.17, 15) is 9.59 Å². The highest BCUT2D eigenvalue weighted by Crippen LogP contribution is 2.28. The van der Waals surface area contributed by atoms with Gasteiger partial charge in [-0.2, -0.15) is 19.6 Å². The number of carbonyl (C=O) groups excluding carboxylic acids is 2. The van der Waals surface area contributed by atoms with Crippen molar-refractivity contribution in [1.29, 1.82) is 0 Å². The number of ether oxygens (including phenoxy) is 1. The number of rotatable bonds is 5. The number of imide groups is 1. The molecule has 2 fully saturated rings. The van der Waals surface area contributed by atoms with Crippen LogP contribution in [0.1, 0.15) is 18.4 Å². The number of urea groups is 1. The van der Waals surface area contributed by atoms with Crippen molar-refractivity contribution in [3.8, 4) is 11.8 Å². The van der Waals surface area contributed by atoms with Crippen molar-refractivity contribution >= 4 is 40.5 Å². The van der Waals surface area contributed by atoms with Gasteiger partial charge in [0.2, 0.25) is 5.95 Å². The van der Waals surface area contributed by atoms with Gasteiger partial charge in [0.05, 0.1) is 11.7 Å². The van der Waals surface area contributed by atoms with Crippen LogP contribution in [0.15, 0.2) is 48.4 Å². The Morgan fingerprint density at radius 3 is 2.88 bits per heavy atom. The van der Waals surface area contributed by atoms with E-state index in [1.165, 1.54) is 6.08 Å². The van der Waals surface area contributed by atoms with Gasteiger partial charge in [0, 0.05) is 23.2 Å². The maximum Gasteiger partial charge on any atom is 0.327 e. The molecule has 2 aliphatic rings. The number of hydrogen-bond acceptors (Lipinski definition) is 8. The van der Waals surface area contributed by atoms with Crippen molar-refractivity contribution in [3.63, 3.8) is 0 Å². The van der Waals surface area contributed by atoms with Crippen molar-refractivity contribution in [2.75, 3.05) is 5.32 Å². The molecule has 3 N–H and O–H groups in total. The number of benzene rings is 1. The molecule has 0 unspecified atom stereocenters.